The van der Waals surface area contributed by atoms with Crippen molar-refractivity contribution >= 4 is 17.7 Å². The maximum Gasteiger partial charge on any atom is 0.233 e. The molecule has 24 heavy (non-hydrogen) atoms. The van der Waals surface area contributed by atoms with Gasteiger partial charge in [0.15, 0.2) is 0 Å². The van der Waals surface area contributed by atoms with E-state index in [2.05, 4.69) is 49.4 Å². The SMILES string of the molecule is Cc1ccc2c(c1)SC(C(=O)NCC1(N(C)C)CCCCCC1)C2. The summed E-state index contributed by atoms with van der Waals surface area (Å²) in [6, 6.07) is 6.53. The van der Waals surface area contributed by atoms with Gasteiger partial charge in [-0.2, -0.15) is 0 Å². The van der Waals surface area contributed by atoms with Crippen LogP contribution in [0.1, 0.15) is 49.7 Å². The van der Waals surface area contributed by atoms with Crippen molar-refractivity contribution in [2.24, 2.45) is 0 Å². The average Bonchev–Trinajstić information content (AvgIpc) is 2.81. The van der Waals surface area contributed by atoms with E-state index in [0.29, 0.717) is 0 Å². The van der Waals surface area contributed by atoms with E-state index in [0.717, 1.165) is 13.0 Å². The number of hydrogen-bond donors (Lipinski definition) is 1. The number of nitrogens with zero attached hydrogens (tertiary/aromatic N) is 1. The molecule has 0 radical (unpaired) electrons. The van der Waals surface area contributed by atoms with Crippen molar-refractivity contribution in [2.75, 3.05) is 20.6 Å². The summed E-state index contributed by atoms with van der Waals surface area (Å²) < 4.78 is 0. The number of carbonyl (C=O) groups is 1. The predicted molar refractivity (Wildman–Crippen MR) is 102 cm³/mol. The fourth-order valence-corrected chi connectivity index (χ4v) is 5.33. The third-order valence-corrected chi connectivity index (χ3v) is 7.06. The van der Waals surface area contributed by atoms with Crippen molar-refractivity contribution < 1.29 is 4.79 Å². The number of carbonyl (C=O) groups excluding carboxylic acids is 1. The summed E-state index contributed by atoms with van der Waals surface area (Å²) in [5.41, 5.74) is 2.73. The van der Waals surface area contributed by atoms with Gasteiger partial charge in [-0.05, 0) is 51.9 Å². The van der Waals surface area contributed by atoms with Crippen molar-refractivity contribution in [3.8, 4) is 0 Å². The molecule has 1 unspecified atom stereocenters. The lowest BCUT2D eigenvalue weighted by Gasteiger charge is -2.40. The molecule has 1 aromatic rings. The summed E-state index contributed by atoms with van der Waals surface area (Å²) >= 11 is 1.73. The number of amides is 1. The van der Waals surface area contributed by atoms with Gasteiger partial charge >= 0.3 is 0 Å². The Labute approximate surface area is 150 Å². The molecule has 2 aliphatic rings. The first kappa shape index (κ1) is 17.8. The van der Waals surface area contributed by atoms with Gasteiger partial charge in [0.1, 0.15) is 0 Å². The highest BCUT2D eigenvalue weighted by molar-refractivity contribution is 8.01. The zero-order valence-corrected chi connectivity index (χ0v) is 16.0. The van der Waals surface area contributed by atoms with Gasteiger partial charge in [-0.3, -0.25) is 4.79 Å². The Bertz CT molecular complexity index is 591. The molecule has 1 atom stereocenters. The molecule has 1 amide bonds. The molecule has 1 fully saturated rings. The Balaban J connectivity index is 1.61. The van der Waals surface area contributed by atoms with Crippen molar-refractivity contribution in [1.29, 1.82) is 0 Å². The second-order valence-corrected chi connectivity index (χ2v) is 8.92. The van der Waals surface area contributed by atoms with Gasteiger partial charge < -0.3 is 10.2 Å². The first-order chi connectivity index (χ1) is 11.5. The van der Waals surface area contributed by atoms with Crippen LogP contribution in [-0.2, 0) is 11.2 Å². The van der Waals surface area contributed by atoms with Gasteiger partial charge in [0, 0.05) is 17.0 Å². The molecule has 3 rings (SSSR count). The van der Waals surface area contributed by atoms with Crippen LogP contribution in [0.3, 0.4) is 0 Å². The highest BCUT2D eigenvalue weighted by atomic mass is 32.2. The monoisotopic (exact) mass is 346 g/mol. The minimum Gasteiger partial charge on any atom is -0.353 e. The van der Waals surface area contributed by atoms with E-state index in [1.807, 2.05) is 0 Å². The van der Waals surface area contributed by atoms with E-state index in [1.165, 1.54) is 54.5 Å². The van der Waals surface area contributed by atoms with Gasteiger partial charge in [0.05, 0.1) is 5.25 Å². The quantitative estimate of drug-likeness (QED) is 0.842. The highest BCUT2D eigenvalue weighted by Crippen LogP contribution is 2.38. The van der Waals surface area contributed by atoms with E-state index in [-0.39, 0.29) is 16.7 Å². The summed E-state index contributed by atoms with van der Waals surface area (Å²) in [5.74, 6) is 0.208. The molecule has 0 spiro atoms. The summed E-state index contributed by atoms with van der Waals surface area (Å²) in [6.07, 6.45) is 8.46. The average molecular weight is 347 g/mol. The molecule has 1 aromatic carbocycles. The van der Waals surface area contributed by atoms with Crippen LogP contribution in [0.15, 0.2) is 23.1 Å². The summed E-state index contributed by atoms with van der Waals surface area (Å²) in [4.78, 5) is 16.4. The van der Waals surface area contributed by atoms with Crippen molar-refractivity contribution in [1.82, 2.24) is 10.2 Å². The maximum atomic E-state index is 12.7. The van der Waals surface area contributed by atoms with Crippen LogP contribution >= 0.6 is 11.8 Å². The molecule has 1 saturated carbocycles. The molecule has 0 bridgehead atoms. The van der Waals surface area contributed by atoms with Crippen molar-refractivity contribution in [3.05, 3.63) is 29.3 Å². The first-order valence-electron chi connectivity index (χ1n) is 9.21. The number of fused-ring (bicyclic) bond motifs is 1. The Hall–Kier alpha value is -1.00. The smallest absolute Gasteiger partial charge is 0.233 e. The zero-order chi connectivity index (χ0) is 17.2. The third-order valence-electron chi connectivity index (χ3n) is 5.76. The molecule has 1 heterocycles. The first-order valence-corrected chi connectivity index (χ1v) is 10.1. The molecule has 0 aromatic heterocycles. The zero-order valence-electron chi connectivity index (χ0n) is 15.2. The van der Waals surface area contributed by atoms with Crippen LogP contribution in [0.4, 0.5) is 0 Å². The predicted octanol–water partition coefficient (Wildman–Crippen LogP) is 3.78. The lowest BCUT2D eigenvalue weighted by molar-refractivity contribution is -0.121. The van der Waals surface area contributed by atoms with E-state index in [1.54, 1.807) is 11.8 Å². The molecule has 1 N–H and O–H groups in total. The molecule has 4 heteroatoms. The van der Waals surface area contributed by atoms with Gasteiger partial charge in [-0.25, -0.2) is 0 Å². The molecule has 3 nitrogen and oxygen atoms in total. The largest absolute Gasteiger partial charge is 0.353 e. The minimum atomic E-state index is 0.0341. The number of rotatable bonds is 4. The standard InChI is InChI=1S/C20H30N2OS/c1-15-8-9-16-13-18(24-17(16)12-15)19(23)21-14-20(22(2)3)10-6-4-5-7-11-20/h8-9,12,18H,4-7,10-11,13-14H2,1-3H3,(H,21,23). The lowest BCUT2D eigenvalue weighted by Crippen LogP contribution is -2.53. The number of aryl methyl sites for hydroxylation is 1. The van der Waals surface area contributed by atoms with Gasteiger partial charge in [-0.15, -0.1) is 11.8 Å². The number of likely N-dealkylation sites (N-methyl/N-ethyl adjacent to an activating group) is 1. The Morgan fingerprint density at radius 2 is 1.96 bits per heavy atom. The van der Waals surface area contributed by atoms with Crippen LogP contribution in [0.25, 0.3) is 0 Å². The van der Waals surface area contributed by atoms with Crippen LogP contribution in [0.5, 0.6) is 0 Å². The molecule has 1 aliphatic carbocycles. The van der Waals surface area contributed by atoms with Crippen LogP contribution < -0.4 is 5.32 Å². The Morgan fingerprint density at radius 3 is 2.62 bits per heavy atom. The number of benzene rings is 1. The minimum absolute atomic E-state index is 0.0341. The fourth-order valence-electron chi connectivity index (χ4n) is 4.02. The Kier molecular flexibility index (Phi) is 5.56. The number of hydrogen-bond acceptors (Lipinski definition) is 3. The van der Waals surface area contributed by atoms with Crippen molar-refractivity contribution in [2.45, 2.75) is 67.6 Å². The highest BCUT2D eigenvalue weighted by Gasteiger charge is 2.35. The second-order valence-electron chi connectivity index (χ2n) is 7.67. The topological polar surface area (TPSA) is 32.3 Å². The summed E-state index contributed by atoms with van der Waals surface area (Å²) in [6.45, 7) is 2.90. The number of nitrogens with one attached hydrogen (secondary N) is 1. The van der Waals surface area contributed by atoms with E-state index in [9.17, 15) is 4.79 Å². The van der Waals surface area contributed by atoms with Gasteiger partial charge in [0.25, 0.3) is 0 Å². The van der Waals surface area contributed by atoms with E-state index in [4.69, 9.17) is 0 Å². The molecular weight excluding hydrogens is 316 g/mol. The summed E-state index contributed by atoms with van der Waals surface area (Å²) in [7, 11) is 4.33. The molecule has 1 aliphatic heterocycles. The van der Waals surface area contributed by atoms with Gasteiger partial charge in [0.2, 0.25) is 5.91 Å². The second kappa shape index (κ2) is 7.49. The lowest BCUT2D eigenvalue weighted by atomic mass is 9.88. The molecule has 132 valence electrons. The van der Waals surface area contributed by atoms with Crippen molar-refractivity contribution in [3.63, 3.8) is 0 Å². The van der Waals surface area contributed by atoms with Crippen LogP contribution in [0.2, 0.25) is 0 Å². The number of thioether (sulfide) groups is 1. The fraction of sp³-hybridized carbons (Fsp3) is 0.650. The van der Waals surface area contributed by atoms with Crippen LogP contribution in [-0.4, -0.2) is 42.2 Å². The van der Waals surface area contributed by atoms with E-state index < -0.39 is 0 Å². The Morgan fingerprint density at radius 1 is 1.25 bits per heavy atom. The van der Waals surface area contributed by atoms with E-state index >= 15 is 0 Å². The third kappa shape index (κ3) is 3.80. The molecular formula is C20H30N2OS. The molecule has 0 saturated heterocycles. The normalized spacial score (nSPS) is 22.9. The van der Waals surface area contributed by atoms with Crippen LogP contribution in [0, 0.1) is 6.92 Å². The summed E-state index contributed by atoms with van der Waals surface area (Å²) in [5, 5.41) is 3.33. The van der Waals surface area contributed by atoms with Gasteiger partial charge in [-0.1, -0.05) is 43.4 Å². The maximum absolute atomic E-state index is 12.7.